The number of nitrogens with one attached hydrogen (secondary N) is 1. The van der Waals surface area contributed by atoms with Gasteiger partial charge < -0.3 is 4.90 Å². The lowest BCUT2D eigenvalue weighted by molar-refractivity contribution is 0.250. The van der Waals surface area contributed by atoms with Gasteiger partial charge >= 0.3 is 0 Å². The summed E-state index contributed by atoms with van der Waals surface area (Å²) in [5.74, 6) is 0.877. The summed E-state index contributed by atoms with van der Waals surface area (Å²) in [4.78, 5) is 2.55. The second-order valence-corrected chi connectivity index (χ2v) is 6.49. The van der Waals surface area contributed by atoms with Crippen LogP contribution in [0.1, 0.15) is 52.4 Å². The fourth-order valence-corrected chi connectivity index (χ4v) is 2.77. The zero-order valence-electron chi connectivity index (χ0n) is 11.9. The average molecular weight is 249 g/mol. The molecule has 2 atom stereocenters. The second kappa shape index (κ2) is 6.04. The molecule has 102 valence electrons. The summed E-state index contributed by atoms with van der Waals surface area (Å²) < 4.78 is 0. The Labute approximate surface area is 112 Å². The number of nitriles is 1. The number of likely N-dealkylation sites (tertiary alicyclic amines) is 1. The summed E-state index contributed by atoms with van der Waals surface area (Å²) in [7, 11) is 0. The Balaban J connectivity index is 1.76. The molecule has 18 heavy (non-hydrogen) atoms. The van der Waals surface area contributed by atoms with Crippen molar-refractivity contribution >= 4 is 0 Å². The molecule has 0 amide bonds. The minimum absolute atomic E-state index is 0.320. The van der Waals surface area contributed by atoms with Crippen molar-refractivity contribution < 1.29 is 0 Å². The Kier molecular flexibility index (Phi) is 4.64. The molecule has 2 aliphatic rings. The molecule has 1 N–H and O–H groups in total. The molecule has 2 fully saturated rings. The minimum atomic E-state index is -0.320. The molecule has 1 saturated heterocycles. The van der Waals surface area contributed by atoms with Gasteiger partial charge in [0.2, 0.25) is 0 Å². The molecule has 1 aliphatic carbocycles. The van der Waals surface area contributed by atoms with Crippen molar-refractivity contribution in [3.05, 3.63) is 0 Å². The third-order valence-electron chi connectivity index (χ3n) is 4.38. The smallest absolute Gasteiger partial charge is 0.105 e. The van der Waals surface area contributed by atoms with E-state index in [-0.39, 0.29) is 5.54 Å². The average Bonchev–Trinajstić information content (AvgIpc) is 3.16. The number of nitrogens with zero attached hydrogens (tertiary/aromatic N) is 2. The highest BCUT2D eigenvalue weighted by molar-refractivity contribution is 5.07. The van der Waals surface area contributed by atoms with Crippen molar-refractivity contribution in [2.75, 3.05) is 19.6 Å². The summed E-state index contributed by atoms with van der Waals surface area (Å²) in [5.41, 5.74) is -0.320. The maximum atomic E-state index is 9.36. The molecule has 0 aromatic heterocycles. The van der Waals surface area contributed by atoms with Crippen LogP contribution in [0.2, 0.25) is 0 Å². The fourth-order valence-electron chi connectivity index (χ4n) is 2.77. The monoisotopic (exact) mass is 249 g/mol. The van der Waals surface area contributed by atoms with E-state index in [0.717, 1.165) is 18.9 Å². The minimum Gasteiger partial charge on any atom is -0.303 e. The van der Waals surface area contributed by atoms with Crippen molar-refractivity contribution in [1.82, 2.24) is 10.2 Å². The predicted molar refractivity (Wildman–Crippen MR) is 74.2 cm³/mol. The SMILES string of the molecule is CC1CCCN(CCC(C)(C#N)NC2CC2)CC1. The van der Waals surface area contributed by atoms with Crippen LogP contribution >= 0.6 is 0 Å². The first kappa shape index (κ1) is 13.8. The molecule has 1 heterocycles. The summed E-state index contributed by atoms with van der Waals surface area (Å²) in [6.45, 7) is 7.92. The van der Waals surface area contributed by atoms with E-state index < -0.39 is 0 Å². The highest BCUT2D eigenvalue weighted by Gasteiger charge is 2.32. The zero-order valence-corrected chi connectivity index (χ0v) is 11.9. The Bertz CT molecular complexity index is 305. The van der Waals surface area contributed by atoms with Gasteiger partial charge in [-0.1, -0.05) is 6.92 Å². The van der Waals surface area contributed by atoms with Crippen LogP contribution in [0.4, 0.5) is 0 Å². The molecule has 0 bridgehead atoms. The van der Waals surface area contributed by atoms with Gasteiger partial charge in [0, 0.05) is 12.6 Å². The zero-order chi connectivity index (χ0) is 13.0. The third-order valence-corrected chi connectivity index (χ3v) is 4.38. The lowest BCUT2D eigenvalue weighted by Gasteiger charge is -2.27. The van der Waals surface area contributed by atoms with E-state index in [9.17, 15) is 5.26 Å². The van der Waals surface area contributed by atoms with Crippen molar-refractivity contribution in [2.45, 2.75) is 64.0 Å². The first-order chi connectivity index (χ1) is 8.61. The normalized spacial score (nSPS) is 29.3. The van der Waals surface area contributed by atoms with Gasteiger partial charge in [-0.2, -0.15) is 5.26 Å². The molecule has 0 aromatic carbocycles. The Morgan fingerprint density at radius 2 is 2.06 bits per heavy atom. The molecule has 0 aromatic rings. The molecule has 0 spiro atoms. The summed E-state index contributed by atoms with van der Waals surface area (Å²) in [6, 6.07) is 3.09. The van der Waals surface area contributed by atoms with Crippen LogP contribution in [0.15, 0.2) is 0 Å². The van der Waals surface area contributed by atoms with E-state index >= 15 is 0 Å². The third kappa shape index (κ3) is 4.26. The Morgan fingerprint density at radius 1 is 1.28 bits per heavy atom. The van der Waals surface area contributed by atoms with Crippen molar-refractivity contribution in [2.24, 2.45) is 5.92 Å². The highest BCUT2D eigenvalue weighted by atomic mass is 15.1. The molecule has 2 unspecified atom stereocenters. The first-order valence-electron chi connectivity index (χ1n) is 7.52. The lowest BCUT2D eigenvalue weighted by Crippen LogP contribution is -2.45. The molecule has 1 aliphatic heterocycles. The molecule has 1 saturated carbocycles. The summed E-state index contributed by atoms with van der Waals surface area (Å²) >= 11 is 0. The van der Waals surface area contributed by atoms with Crippen molar-refractivity contribution in [3.8, 4) is 6.07 Å². The number of hydrogen-bond acceptors (Lipinski definition) is 3. The maximum absolute atomic E-state index is 9.36. The van der Waals surface area contributed by atoms with E-state index in [4.69, 9.17) is 0 Å². The van der Waals surface area contributed by atoms with Gasteiger partial charge in [-0.3, -0.25) is 5.32 Å². The van der Waals surface area contributed by atoms with E-state index in [2.05, 4.69) is 30.1 Å². The van der Waals surface area contributed by atoms with Crippen LogP contribution in [-0.4, -0.2) is 36.1 Å². The number of hydrogen-bond donors (Lipinski definition) is 1. The van der Waals surface area contributed by atoms with E-state index in [1.54, 1.807) is 0 Å². The van der Waals surface area contributed by atoms with E-state index in [0.29, 0.717) is 6.04 Å². The lowest BCUT2D eigenvalue weighted by atomic mass is 9.99. The fraction of sp³-hybridized carbons (Fsp3) is 0.933. The molecule has 2 rings (SSSR count). The van der Waals surface area contributed by atoms with Gasteiger partial charge in [-0.25, -0.2) is 0 Å². The molecule has 0 radical (unpaired) electrons. The summed E-state index contributed by atoms with van der Waals surface area (Å²) in [6.07, 6.45) is 7.46. The van der Waals surface area contributed by atoms with Gasteiger partial charge in [0.25, 0.3) is 0 Å². The molecular formula is C15H27N3. The topological polar surface area (TPSA) is 39.1 Å². The van der Waals surface area contributed by atoms with E-state index in [1.807, 2.05) is 0 Å². The van der Waals surface area contributed by atoms with Crippen molar-refractivity contribution in [1.29, 1.82) is 5.26 Å². The van der Waals surface area contributed by atoms with Crippen LogP contribution in [0.3, 0.4) is 0 Å². The van der Waals surface area contributed by atoms with Gasteiger partial charge in [0.05, 0.1) is 6.07 Å². The highest BCUT2D eigenvalue weighted by Crippen LogP contribution is 2.24. The quantitative estimate of drug-likeness (QED) is 0.814. The maximum Gasteiger partial charge on any atom is 0.105 e. The Morgan fingerprint density at radius 3 is 2.72 bits per heavy atom. The van der Waals surface area contributed by atoms with Crippen LogP contribution in [0.25, 0.3) is 0 Å². The van der Waals surface area contributed by atoms with Crippen LogP contribution in [-0.2, 0) is 0 Å². The molecule has 3 heteroatoms. The molecular weight excluding hydrogens is 222 g/mol. The predicted octanol–water partition coefficient (Wildman–Crippen LogP) is 2.53. The second-order valence-electron chi connectivity index (χ2n) is 6.49. The van der Waals surface area contributed by atoms with Gasteiger partial charge in [0.15, 0.2) is 0 Å². The molecule has 3 nitrogen and oxygen atoms in total. The summed E-state index contributed by atoms with van der Waals surface area (Å²) in [5, 5.41) is 12.9. The van der Waals surface area contributed by atoms with Crippen LogP contribution in [0.5, 0.6) is 0 Å². The van der Waals surface area contributed by atoms with Crippen LogP contribution < -0.4 is 5.32 Å². The van der Waals surface area contributed by atoms with Crippen molar-refractivity contribution in [3.63, 3.8) is 0 Å². The van der Waals surface area contributed by atoms with Gasteiger partial charge in [-0.05, 0) is 64.5 Å². The first-order valence-corrected chi connectivity index (χ1v) is 7.52. The Hall–Kier alpha value is -0.590. The van der Waals surface area contributed by atoms with E-state index in [1.165, 1.54) is 45.2 Å². The number of rotatable bonds is 5. The van der Waals surface area contributed by atoms with Crippen LogP contribution in [0, 0.1) is 17.2 Å². The van der Waals surface area contributed by atoms with Gasteiger partial charge in [-0.15, -0.1) is 0 Å². The standard InChI is InChI=1S/C15H27N3/c1-13-4-3-9-18(10-7-13)11-8-15(2,12-16)17-14-5-6-14/h13-14,17H,3-11H2,1-2H3. The largest absolute Gasteiger partial charge is 0.303 e. The van der Waals surface area contributed by atoms with Gasteiger partial charge in [0.1, 0.15) is 5.54 Å².